The summed E-state index contributed by atoms with van der Waals surface area (Å²) in [4.78, 5) is 10.7. The van der Waals surface area contributed by atoms with Gasteiger partial charge >= 0.3 is 5.97 Å². The lowest BCUT2D eigenvalue weighted by Crippen LogP contribution is -2.25. The van der Waals surface area contributed by atoms with Gasteiger partial charge in [-0.1, -0.05) is 25.6 Å². The van der Waals surface area contributed by atoms with Gasteiger partial charge in [0.15, 0.2) is 5.16 Å². The Kier molecular flexibility index (Phi) is 5.40. The van der Waals surface area contributed by atoms with E-state index in [0.717, 1.165) is 18.7 Å². The van der Waals surface area contributed by atoms with Crippen LogP contribution in [0.4, 0.5) is 0 Å². The van der Waals surface area contributed by atoms with Gasteiger partial charge in [-0.3, -0.25) is 4.79 Å². The van der Waals surface area contributed by atoms with Crippen LogP contribution < -0.4 is 0 Å². The van der Waals surface area contributed by atoms with Crippen molar-refractivity contribution in [3.05, 3.63) is 5.82 Å². The van der Waals surface area contributed by atoms with E-state index in [1.165, 1.54) is 11.8 Å². The van der Waals surface area contributed by atoms with Crippen LogP contribution in [0, 0.1) is 5.92 Å². The highest BCUT2D eigenvalue weighted by Crippen LogP contribution is 2.26. The van der Waals surface area contributed by atoms with Gasteiger partial charge in [-0.05, 0) is 33.1 Å². The Labute approximate surface area is 118 Å². The van der Waals surface area contributed by atoms with Crippen molar-refractivity contribution in [3.8, 4) is 0 Å². The second-order valence-corrected chi connectivity index (χ2v) is 6.96. The number of hydrogen-bond acceptors (Lipinski definition) is 4. The van der Waals surface area contributed by atoms with Crippen molar-refractivity contribution < 1.29 is 9.90 Å². The lowest BCUT2D eigenvalue weighted by molar-refractivity contribution is -0.133. The summed E-state index contributed by atoms with van der Waals surface area (Å²) in [5.74, 6) is 0.727. The largest absolute Gasteiger partial charge is 0.481 e. The van der Waals surface area contributed by atoms with E-state index in [2.05, 4.69) is 49.4 Å². The molecule has 0 saturated heterocycles. The number of thioether (sulfide) groups is 1. The van der Waals surface area contributed by atoms with Crippen molar-refractivity contribution >= 4 is 17.7 Å². The zero-order valence-electron chi connectivity index (χ0n) is 12.3. The Morgan fingerprint density at radius 1 is 1.37 bits per heavy atom. The maximum absolute atomic E-state index is 10.7. The van der Waals surface area contributed by atoms with Crippen molar-refractivity contribution in [2.24, 2.45) is 5.92 Å². The molecule has 1 heterocycles. The minimum Gasteiger partial charge on any atom is -0.481 e. The molecule has 0 spiro atoms. The molecule has 0 aliphatic rings. The number of hydrogen-bond donors (Lipinski definition) is 1. The Morgan fingerprint density at radius 2 is 2.00 bits per heavy atom. The van der Waals surface area contributed by atoms with E-state index in [9.17, 15) is 4.79 Å². The van der Waals surface area contributed by atoms with E-state index < -0.39 is 5.97 Å². The number of rotatable bonds is 6. The maximum atomic E-state index is 10.7. The zero-order valence-corrected chi connectivity index (χ0v) is 13.1. The SMILES string of the molecule is CC(C)CCc1nnc(SCC(=O)O)n1C(C)(C)C. The standard InChI is InChI=1S/C13H23N3O2S/c1-9(2)6-7-10-14-15-12(19-8-11(17)18)16(10)13(3,4)5/h9H,6-8H2,1-5H3,(H,17,18). The van der Waals surface area contributed by atoms with Crippen LogP contribution >= 0.6 is 11.8 Å². The van der Waals surface area contributed by atoms with E-state index in [0.29, 0.717) is 11.1 Å². The molecule has 0 unspecified atom stereocenters. The van der Waals surface area contributed by atoms with E-state index in [1.54, 1.807) is 0 Å². The Balaban J connectivity index is 2.95. The molecule has 108 valence electrons. The molecular formula is C13H23N3O2S. The van der Waals surface area contributed by atoms with Crippen LogP contribution in [0.3, 0.4) is 0 Å². The molecule has 0 amide bonds. The molecule has 0 radical (unpaired) electrons. The summed E-state index contributed by atoms with van der Waals surface area (Å²) in [6.07, 6.45) is 1.92. The Hall–Kier alpha value is -1.04. The third kappa shape index (κ3) is 4.86. The van der Waals surface area contributed by atoms with Crippen LogP contribution in [-0.2, 0) is 16.8 Å². The fraction of sp³-hybridized carbons (Fsp3) is 0.769. The average Bonchev–Trinajstić information content (AvgIpc) is 2.66. The third-order valence-electron chi connectivity index (χ3n) is 2.64. The highest BCUT2D eigenvalue weighted by atomic mass is 32.2. The second-order valence-electron chi connectivity index (χ2n) is 6.02. The quantitative estimate of drug-likeness (QED) is 0.814. The van der Waals surface area contributed by atoms with Gasteiger partial charge in [0, 0.05) is 12.0 Å². The number of carbonyl (C=O) groups is 1. The van der Waals surface area contributed by atoms with Gasteiger partial charge in [0.25, 0.3) is 0 Å². The van der Waals surface area contributed by atoms with Crippen molar-refractivity contribution in [3.63, 3.8) is 0 Å². The van der Waals surface area contributed by atoms with Crippen LogP contribution in [0.2, 0.25) is 0 Å². The maximum Gasteiger partial charge on any atom is 0.313 e. The molecule has 0 aromatic carbocycles. The number of nitrogens with zero attached hydrogens (tertiary/aromatic N) is 3. The fourth-order valence-corrected chi connectivity index (χ4v) is 2.63. The topological polar surface area (TPSA) is 68.0 Å². The number of carboxylic acids is 1. The van der Waals surface area contributed by atoms with Gasteiger partial charge in [0.05, 0.1) is 5.75 Å². The first-order valence-electron chi connectivity index (χ1n) is 6.51. The van der Waals surface area contributed by atoms with Gasteiger partial charge in [-0.15, -0.1) is 10.2 Å². The van der Waals surface area contributed by atoms with Crippen LogP contribution in [0.5, 0.6) is 0 Å². The van der Waals surface area contributed by atoms with Gasteiger partial charge < -0.3 is 9.67 Å². The third-order valence-corrected chi connectivity index (χ3v) is 3.55. The first-order chi connectivity index (χ1) is 8.71. The Morgan fingerprint density at radius 3 is 2.47 bits per heavy atom. The molecule has 0 fully saturated rings. The molecule has 0 bridgehead atoms. The predicted octanol–water partition coefficient (Wildman–Crippen LogP) is 2.80. The fourth-order valence-electron chi connectivity index (χ4n) is 1.77. The van der Waals surface area contributed by atoms with Crippen molar-refractivity contribution in [1.29, 1.82) is 0 Å². The van der Waals surface area contributed by atoms with Crippen LogP contribution in [-0.4, -0.2) is 31.6 Å². The number of carboxylic acid groups (broad SMARTS) is 1. The molecule has 1 N–H and O–H groups in total. The molecule has 6 heteroatoms. The minimum atomic E-state index is -0.836. The first-order valence-corrected chi connectivity index (χ1v) is 7.49. The minimum absolute atomic E-state index is 0.0123. The molecule has 0 saturated carbocycles. The second kappa shape index (κ2) is 6.41. The van der Waals surface area contributed by atoms with Crippen molar-refractivity contribution in [1.82, 2.24) is 14.8 Å². The number of aryl methyl sites for hydroxylation is 1. The summed E-state index contributed by atoms with van der Waals surface area (Å²) in [6, 6.07) is 0. The zero-order chi connectivity index (χ0) is 14.6. The van der Waals surface area contributed by atoms with Crippen LogP contribution in [0.1, 0.15) is 46.9 Å². The van der Waals surface area contributed by atoms with Gasteiger partial charge in [0.2, 0.25) is 0 Å². The molecular weight excluding hydrogens is 262 g/mol. The highest BCUT2D eigenvalue weighted by Gasteiger charge is 2.23. The van der Waals surface area contributed by atoms with Crippen LogP contribution in [0.25, 0.3) is 0 Å². The van der Waals surface area contributed by atoms with E-state index in [1.807, 2.05) is 0 Å². The monoisotopic (exact) mass is 285 g/mol. The van der Waals surface area contributed by atoms with Gasteiger partial charge in [0.1, 0.15) is 5.82 Å². The smallest absolute Gasteiger partial charge is 0.313 e. The first kappa shape index (κ1) is 16.0. The van der Waals surface area contributed by atoms with E-state index in [-0.39, 0.29) is 11.3 Å². The van der Waals surface area contributed by atoms with Gasteiger partial charge in [-0.25, -0.2) is 0 Å². The average molecular weight is 285 g/mol. The number of aromatic nitrogens is 3. The summed E-state index contributed by atoms with van der Waals surface area (Å²) in [5, 5.41) is 17.8. The van der Waals surface area contributed by atoms with Crippen molar-refractivity contribution in [2.45, 2.75) is 58.2 Å². The molecule has 1 aromatic rings. The van der Waals surface area contributed by atoms with E-state index >= 15 is 0 Å². The molecule has 1 rings (SSSR count). The summed E-state index contributed by atoms with van der Waals surface area (Å²) in [6.45, 7) is 10.6. The lowest BCUT2D eigenvalue weighted by Gasteiger charge is -2.24. The van der Waals surface area contributed by atoms with Gasteiger partial charge in [-0.2, -0.15) is 0 Å². The molecule has 1 aromatic heterocycles. The molecule has 5 nitrogen and oxygen atoms in total. The summed E-state index contributed by atoms with van der Waals surface area (Å²) in [7, 11) is 0. The Bertz CT molecular complexity index is 436. The molecule has 0 aliphatic heterocycles. The van der Waals surface area contributed by atoms with Crippen LogP contribution in [0.15, 0.2) is 5.16 Å². The highest BCUT2D eigenvalue weighted by molar-refractivity contribution is 7.99. The summed E-state index contributed by atoms with van der Waals surface area (Å²) in [5.41, 5.74) is -0.142. The molecule has 0 aliphatic carbocycles. The van der Waals surface area contributed by atoms with Crippen molar-refractivity contribution in [2.75, 3.05) is 5.75 Å². The molecule has 19 heavy (non-hydrogen) atoms. The predicted molar refractivity (Wildman–Crippen MR) is 76.5 cm³/mol. The lowest BCUT2D eigenvalue weighted by atomic mass is 10.1. The number of aliphatic carboxylic acids is 1. The van der Waals surface area contributed by atoms with E-state index in [4.69, 9.17) is 5.11 Å². The molecule has 0 atom stereocenters. The summed E-state index contributed by atoms with van der Waals surface area (Å²) < 4.78 is 2.06. The summed E-state index contributed by atoms with van der Waals surface area (Å²) >= 11 is 1.23. The normalized spacial score (nSPS) is 12.1.